The second kappa shape index (κ2) is 22.6. The molecule has 2 aromatic carbocycles. The predicted molar refractivity (Wildman–Crippen MR) is 200 cm³/mol. The summed E-state index contributed by atoms with van der Waals surface area (Å²) in [5.41, 5.74) is 1.72. The molecule has 3 rings (SSSR count). The van der Waals surface area contributed by atoms with Gasteiger partial charge in [0.25, 0.3) is 0 Å². The van der Waals surface area contributed by atoms with Gasteiger partial charge in [-0.1, -0.05) is 91.7 Å². The van der Waals surface area contributed by atoms with Gasteiger partial charge < -0.3 is 36.1 Å². The lowest BCUT2D eigenvalue weighted by atomic mass is 10.0. The Labute approximate surface area is 307 Å². The van der Waals surface area contributed by atoms with Gasteiger partial charge in [0.15, 0.2) is 0 Å². The molecule has 12 heteroatoms. The number of allylic oxidation sites excluding steroid dienone is 3. The number of ether oxygens (including phenoxy) is 2. The number of nitrogens with one attached hydrogen (secondary N) is 5. The van der Waals surface area contributed by atoms with Gasteiger partial charge >= 0.3 is 12.2 Å². The van der Waals surface area contributed by atoms with Crippen LogP contribution < -0.4 is 26.6 Å². The Hall–Kier alpha value is -5.13. The minimum atomic E-state index is -0.990. The van der Waals surface area contributed by atoms with Gasteiger partial charge in [0, 0.05) is 31.6 Å². The predicted octanol–water partition coefficient (Wildman–Crippen LogP) is 5.38. The number of alkyl carbamates (subject to hydrolysis) is 2. The number of amides is 5. The SMILES string of the molecule is CC(C)(C)OC(=O)N[C@@H](Cc1ccccc1)C(=O)N[C@@H](CCCCNC(=O)OCc1ccccc1)C(=O)NCCCCCCNC(=O)C1=CC=CC1. The highest BCUT2D eigenvalue weighted by molar-refractivity contribution is 5.94. The summed E-state index contributed by atoms with van der Waals surface area (Å²) in [6.07, 6.45) is 9.98. The van der Waals surface area contributed by atoms with E-state index in [1.165, 1.54) is 0 Å². The second-order valence-corrected chi connectivity index (χ2v) is 13.7. The first-order valence-corrected chi connectivity index (χ1v) is 18.2. The Kier molecular flexibility index (Phi) is 18.0. The van der Waals surface area contributed by atoms with Crippen molar-refractivity contribution in [1.29, 1.82) is 0 Å². The lowest BCUT2D eigenvalue weighted by Gasteiger charge is -2.25. The molecule has 12 nitrogen and oxygen atoms in total. The van der Waals surface area contributed by atoms with E-state index >= 15 is 0 Å². The summed E-state index contributed by atoms with van der Waals surface area (Å²) in [5, 5.41) is 14.2. The van der Waals surface area contributed by atoms with Crippen LogP contribution in [0, 0.1) is 0 Å². The van der Waals surface area contributed by atoms with Gasteiger partial charge in [-0.25, -0.2) is 9.59 Å². The highest BCUT2D eigenvalue weighted by Crippen LogP contribution is 2.12. The maximum Gasteiger partial charge on any atom is 0.408 e. The summed E-state index contributed by atoms with van der Waals surface area (Å²) >= 11 is 0. The number of benzene rings is 2. The highest BCUT2D eigenvalue weighted by Gasteiger charge is 2.28. The molecule has 52 heavy (non-hydrogen) atoms. The van der Waals surface area contributed by atoms with Gasteiger partial charge in [0.1, 0.15) is 24.3 Å². The van der Waals surface area contributed by atoms with E-state index in [0.29, 0.717) is 45.3 Å². The fourth-order valence-electron chi connectivity index (χ4n) is 5.36. The average molecular weight is 718 g/mol. The van der Waals surface area contributed by atoms with Crippen molar-refractivity contribution < 1.29 is 33.4 Å². The van der Waals surface area contributed by atoms with Crippen LogP contribution in [0.3, 0.4) is 0 Å². The van der Waals surface area contributed by atoms with Crippen LogP contribution in [0.1, 0.15) is 83.3 Å². The molecule has 0 aliphatic heterocycles. The first kappa shape index (κ1) is 41.3. The molecule has 0 saturated heterocycles. The van der Waals surface area contributed by atoms with Crippen LogP contribution in [0.5, 0.6) is 0 Å². The van der Waals surface area contributed by atoms with E-state index in [-0.39, 0.29) is 24.8 Å². The van der Waals surface area contributed by atoms with Crippen molar-refractivity contribution in [2.24, 2.45) is 0 Å². The number of carbonyl (C=O) groups is 5. The van der Waals surface area contributed by atoms with Crippen molar-refractivity contribution in [2.75, 3.05) is 19.6 Å². The van der Waals surface area contributed by atoms with Gasteiger partial charge in [0.2, 0.25) is 17.7 Å². The molecule has 0 aromatic heterocycles. The summed E-state index contributed by atoms with van der Waals surface area (Å²) in [6, 6.07) is 16.8. The van der Waals surface area contributed by atoms with Gasteiger partial charge in [-0.05, 0) is 70.4 Å². The van der Waals surface area contributed by atoms with Gasteiger partial charge in [-0.3, -0.25) is 14.4 Å². The maximum atomic E-state index is 13.7. The third kappa shape index (κ3) is 17.2. The monoisotopic (exact) mass is 717 g/mol. The van der Waals surface area contributed by atoms with Gasteiger partial charge in [-0.15, -0.1) is 0 Å². The lowest BCUT2D eigenvalue weighted by Crippen LogP contribution is -2.55. The molecule has 0 heterocycles. The van der Waals surface area contributed by atoms with Crippen LogP contribution in [-0.2, 0) is 36.9 Å². The number of hydrogen-bond donors (Lipinski definition) is 5. The number of unbranched alkanes of at least 4 members (excludes halogenated alkanes) is 4. The molecule has 0 fully saturated rings. The molecule has 282 valence electrons. The third-order valence-corrected chi connectivity index (χ3v) is 8.08. The normalized spacial score (nSPS) is 13.2. The van der Waals surface area contributed by atoms with Crippen molar-refractivity contribution in [3.05, 3.63) is 95.6 Å². The van der Waals surface area contributed by atoms with E-state index in [1.54, 1.807) is 20.8 Å². The summed E-state index contributed by atoms with van der Waals surface area (Å²) in [6.45, 7) is 6.73. The quantitative estimate of drug-likeness (QED) is 0.108. The Balaban J connectivity index is 1.51. The van der Waals surface area contributed by atoms with Gasteiger partial charge in [-0.2, -0.15) is 0 Å². The van der Waals surface area contributed by atoms with E-state index < -0.39 is 35.8 Å². The molecule has 0 saturated carbocycles. The summed E-state index contributed by atoms with van der Waals surface area (Å²) < 4.78 is 10.7. The fourth-order valence-corrected chi connectivity index (χ4v) is 5.36. The van der Waals surface area contributed by atoms with E-state index in [2.05, 4.69) is 26.6 Å². The minimum Gasteiger partial charge on any atom is -0.445 e. The number of rotatable bonds is 21. The Morgan fingerprint density at radius 1 is 0.673 bits per heavy atom. The molecule has 0 radical (unpaired) electrons. The largest absolute Gasteiger partial charge is 0.445 e. The first-order chi connectivity index (χ1) is 25.0. The molecule has 5 amide bonds. The topological polar surface area (TPSA) is 164 Å². The number of carbonyl (C=O) groups excluding carboxylic acids is 5. The Morgan fingerprint density at radius 3 is 1.92 bits per heavy atom. The molecular formula is C40H55N5O7. The zero-order valence-electron chi connectivity index (χ0n) is 30.7. The van der Waals surface area contributed by atoms with Crippen molar-refractivity contribution in [3.63, 3.8) is 0 Å². The summed E-state index contributed by atoms with van der Waals surface area (Å²) in [5.74, 6) is -0.870. The Bertz CT molecular complexity index is 1490. The lowest BCUT2D eigenvalue weighted by molar-refractivity contribution is -0.130. The first-order valence-electron chi connectivity index (χ1n) is 18.2. The van der Waals surface area contributed by atoms with E-state index in [1.807, 2.05) is 78.9 Å². The summed E-state index contributed by atoms with van der Waals surface area (Å²) in [4.78, 5) is 64.1. The van der Waals surface area contributed by atoms with Crippen LogP contribution in [-0.4, -0.2) is 67.2 Å². The molecule has 0 spiro atoms. The maximum absolute atomic E-state index is 13.7. The zero-order valence-corrected chi connectivity index (χ0v) is 30.7. The Morgan fingerprint density at radius 2 is 1.29 bits per heavy atom. The fraction of sp³-hybridized carbons (Fsp3) is 0.475. The van der Waals surface area contributed by atoms with Crippen LogP contribution in [0.4, 0.5) is 9.59 Å². The van der Waals surface area contributed by atoms with Crippen LogP contribution in [0.2, 0.25) is 0 Å². The molecule has 0 bridgehead atoms. The van der Waals surface area contributed by atoms with Crippen molar-refractivity contribution in [1.82, 2.24) is 26.6 Å². The molecular weight excluding hydrogens is 662 g/mol. The van der Waals surface area contributed by atoms with E-state index in [9.17, 15) is 24.0 Å². The van der Waals surface area contributed by atoms with E-state index in [0.717, 1.165) is 42.4 Å². The minimum absolute atomic E-state index is 0.0311. The molecule has 2 atom stereocenters. The molecule has 1 aliphatic carbocycles. The molecule has 1 aliphatic rings. The smallest absolute Gasteiger partial charge is 0.408 e. The van der Waals surface area contributed by atoms with Crippen LogP contribution in [0.15, 0.2) is 84.5 Å². The van der Waals surface area contributed by atoms with Crippen molar-refractivity contribution >= 4 is 29.9 Å². The van der Waals surface area contributed by atoms with Crippen LogP contribution in [0.25, 0.3) is 0 Å². The van der Waals surface area contributed by atoms with Crippen molar-refractivity contribution in [3.8, 4) is 0 Å². The molecule has 2 aromatic rings. The van der Waals surface area contributed by atoms with Gasteiger partial charge in [0.05, 0.1) is 0 Å². The molecule has 5 N–H and O–H groups in total. The van der Waals surface area contributed by atoms with Crippen LogP contribution >= 0.6 is 0 Å². The third-order valence-electron chi connectivity index (χ3n) is 8.08. The summed E-state index contributed by atoms with van der Waals surface area (Å²) in [7, 11) is 0. The van der Waals surface area contributed by atoms with Crippen molar-refractivity contribution in [2.45, 2.75) is 103 Å². The zero-order chi connectivity index (χ0) is 37.6. The molecule has 0 unspecified atom stereocenters. The average Bonchev–Trinajstić information content (AvgIpc) is 3.66. The second-order valence-electron chi connectivity index (χ2n) is 13.7. The number of hydrogen-bond acceptors (Lipinski definition) is 7. The highest BCUT2D eigenvalue weighted by atomic mass is 16.6. The standard InChI is InChI=1S/C40H55N5O7/c1-40(2,3)52-39(50)45-34(28-30-18-8-6-9-19-30)37(48)44-33(24-14-17-27-43-38(49)51-29-31-20-10-7-11-21-31)36(47)42-26-16-5-4-15-25-41-35(46)32-22-12-13-23-32/h6-13,18-22,33-34H,4-5,14-17,23-29H2,1-3H3,(H,41,46)(H,42,47)(H,43,49)(H,44,48)(H,45,50)/t33-,34-/m0/s1. The van der Waals surface area contributed by atoms with E-state index in [4.69, 9.17) is 9.47 Å².